The average molecular weight is 412 g/mol. The molecule has 0 aliphatic carbocycles. The van der Waals surface area contributed by atoms with Crippen molar-refractivity contribution in [2.24, 2.45) is 5.92 Å². The number of piperidine rings is 1. The summed E-state index contributed by atoms with van der Waals surface area (Å²) in [6, 6.07) is 11.5. The van der Waals surface area contributed by atoms with Crippen molar-refractivity contribution in [3.63, 3.8) is 0 Å². The molecule has 0 saturated carbocycles. The lowest BCUT2D eigenvalue weighted by atomic mass is 9.91. The minimum atomic E-state index is -4.13. The molecule has 0 amide bonds. The summed E-state index contributed by atoms with van der Waals surface area (Å²) in [5.41, 5.74) is 0.768. The highest BCUT2D eigenvalue weighted by Crippen LogP contribution is 2.30. The topological polar surface area (TPSA) is 74.7 Å². The Morgan fingerprint density at radius 1 is 1.19 bits per heavy atom. The van der Waals surface area contributed by atoms with Crippen LogP contribution >= 0.6 is 11.6 Å². The molecule has 0 unspecified atom stereocenters. The quantitative estimate of drug-likeness (QED) is 0.811. The van der Waals surface area contributed by atoms with Gasteiger partial charge in [0.2, 0.25) is 10.0 Å². The van der Waals surface area contributed by atoms with Gasteiger partial charge in [0.15, 0.2) is 0 Å². The van der Waals surface area contributed by atoms with Gasteiger partial charge in [-0.3, -0.25) is 0 Å². The van der Waals surface area contributed by atoms with Crippen molar-refractivity contribution >= 4 is 27.6 Å². The van der Waals surface area contributed by atoms with E-state index in [-0.39, 0.29) is 18.1 Å². The summed E-state index contributed by atoms with van der Waals surface area (Å²) in [4.78, 5) is 10.5. The Morgan fingerprint density at radius 2 is 1.81 bits per heavy atom. The SMILES string of the molecule is O=C(O)c1cc(S(=O)(=O)N2CCC(Cc3ccccc3)CC2)c(F)cc1Cl. The Morgan fingerprint density at radius 3 is 2.41 bits per heavy atom. The first-order chi connectivity index (χ1) is 12.8. The lowest BCUT2D eigenvalue weighted by molar-refractivity contribution is 0.0696. The first-order valence-electron chi connectivity index (χ1n) is 8.55. The maximum atomic E-state index is 14.2. The number of carboxylic acid groups (broad SMARTS) is 1. The van der Waals surface area contributed by atoms with Gasteiger partial charge < -0.3 is 5.11 Å². The predicted molar refractivity (Wildman–Crippen MR) is 100.0 cm³/mol. The van der Waals surface area contributed by atoms with Crippen LogP contribution in [0.1, 0.15) is 28.8 Å². The molecular formula is C19H19ClFNO4S. The largest absolute Gasteiger partial charge is 0.478 e. The van der Waals surface area contributed by atoms with E-state index >= 15 is 0 Å². The fraction of sp³-hybridized carbons (Fsp3) is 0.316. The van der Waals surface area contributed by atoms with E-state index in [2.05, 4.69) is 0 Å². The zero-order valence-electron chi connectivity index (χ0n) is 14.4. The van der Waals surface area contributed by atoms with Crippen LogP contribution in [0.3, 0.4) is 0 Å². The van der Waals surface area contributed by atoms with Gasteiger partial charge in [-0.05, 0) is 42.9 Å². The van der Waals surface area contributed by atoms with E-state index in [9.17, 15) is 17.6 Å². The van der Waals surface area contributed by atoms with Gasteiger partial charge in [0, 0.05) is 13.1 Å². The number of hydrogen-bond donors (Lipinski definition) is 1. The number of rotatable bonds is 5. The molecule has 0 aromatic heterocycles. The van der Waals surface area contributed by atoms with E-state index in [4.69, 9.17) is 16.7 Å². The number of carbonyl (C=O) groups is 1. The Labute approximate surface area is 162 Å². The summed E-state index contributed by atoms with van der Waals surface area (Å²) in [5.74, 6) is -2.10. The highest BCUT2D eigenvalue weighted by molar-refractivity contribution is 7.89. The van der Waals surface area contributed by atoms with Crippen LogP contribution < -0.4 is 0 Å². The van der Waals surface area contributed by atoms with E-state index < -0.39 is 32.3 Å². The van der Waals surface area contributed by atoms with Crippen LogP contribution in [0.5, 0.6) is 0 Å². The van der Waals surface area contributed by atoms with Crippen molar-refractivity contribution in [1.82, 2.24) is 4.31 Å². The highest BCUT2D eigenvalue weighted by atomic mass is 35.5. The van der Waals surface area contributed by atoms with Crippen LogP contribution in [0.25, 0.3) is 0 Å². The summed E-state index contributed by atoms with van der Waals surface area (Å²) >= 11 is 5.70. The number of nitrogens with zero attached hydrogens (tertiary/aromatic N) is 1. The predicted octanol–water partition coefficient (Wildman–Crippen LogP) is 3.82. The van der Waals surface area contributed by atoms with Crippen molar-refractivity contribution in [3.8, 4) is 0 Å². The summed E-state index contributed by atoms with van der Waals surface area (Å²) < 4.78 is 41.1. The number of halogens is 2. The van der Waals surface area contributed by atoms with E-state index in [1.165, 1.54) is 9.87 Å². The Hall–Kier alpha value is -1.96. The summed E-state index contributed by atoms with van der Waals surface area (Å²) in [6.45, 7) is 0.536. The summed E-state index contributed by atoms with van der Waals surface area (Å²) in [6.07, 6.45) is 2.19. The second kappa shape index (κ2) is 7.96. The zero-order valence-corrected chi connectivity index (χ0v) is 16.0. The lowest BCUT2D eigenvalue weighted by Crippen LogP contribution is -2.39. The number of carboxylic acids is 1. The van der Waals surface area contributed by atoms with Crippen molar-refractivity contribution in [3.05, 3.63) is 64.4 Å². The molecule has 144 valence electrons. The second-order valence-corrected chi connectivity index (χ2v) is 8.92. The Bertz CT molecular complexity index is 942. The van der Waals surface area contributed by atoms with Gasteiger partial charge in [0.05, 0.1) is 10.6 Å². The molecule has 0 radical (unpaired) electrons. The van der Waals surface area contributed by atoms with Crippen molar-refractivity contribution in [2.75, 3.05) is 13.1 Å². The van der Waals surface area contributed by atoms with Crippen LogP contribution in [-0.4, -0.2) is 36.9 Å². The van der Waals surface area contributed by atoms with Crippen molar-refractivity contribution < 1.29 is 22.7 Å². The molecule has 3 rings (SSSR count). The molecule has 2 aromatic rings. The number of aromatic carboxylic acids is 1. The van der Waals surface area contributed by atoms with Gasteiger partial charge in [0.1, 0.15) is 10.7 Å². The first kappa shape index (κ1) is 19.8. The van der Waals surface area contributed by atoms with Gasteiger partial charge in [-0.25, -0.2) is 17.6 Å². The third-order valence-electron chi connectivity index (χ3n) is 4.81. The van der Waals surface area contributed by atoms with Crippen LogP contribution in [-0.2, 0) is 16.4 Å². The number of sulfonamides is 1. The molecule has 1 aliphatic rings. The van der Waals surface area contributed by atoms with E-state index in [0.717, 1.165) is 18.6 Å². The molecule has 1 fully saturated rings. The van der Waals surface area contributed by atoms with Gasteiger partial charge in [-0.2, -0.15) is 4.31 Å². The minimum absolute atomic E-state index is 0.268. The number of hydrogen-bond acceptors (Lipinski definition) is 3. The highest BCUT2D eigenvalue weighted by Gasteiger charge is 2.32. The van der Waals surface area contributed by atoms with Crippen LogP contribution in [0.2, 0.25) is 5.02 Å². The van der Waals surface area contributed by atoms with E-state index in [1.54, 1.807) is 0 Å². The fourth-order valence-electron chi connectivity index (χ4n) is 3.33. The summed E-state index contributed by atoms with van der Waals surface area (Å²) in [5, 5.41) is 8.78. The second-order valence-electron chi connectivity index (χ2n) is 6.60. The van der Waals surface area contributed by atoms with Gasteiger partial charge in [-0.1, -0.05) is 41.9 Å². The lowest BCUT2D eigenvalue weighted by Gasteiger charge is -2.31. The molecule has 0 bridgehead atoms. The van der Waals surface area contributed by atoms with Crippen LogP contribution in [0.4, 0.5) is 4.39 Å². The van der Waals surface area contributed by atoms with Crippen LogP contribution in [0, 0.1) is 11.7 Å². The van der Waals surface area contributed by atoms with Crippen molar-refractivity contribution in [2.45, 2.75) is 24.2 Å². The van der Waals surface area contributed by atoms with E-state index in [1.807, 2.05) is 30.3 Å². The maximum Gasteiger partial charge on any atom is 0.337 e. The Kier molecular flexibility index (Phi) is 5.83. The molecule has 1 N–H and O–H groups in total. The third kappa shape index (κ3) is 4.31. The molecule has 5 nitrogen and oxygen atoms in total. The van der Waals surface area contributed by atoms with Crippen molar-refractivity contribution in [1.29, 1.82) is 0 Å². The standard InChI is InChI=1S/C19H19ClFNO4S/c20-16-12-17(21)18(11-15(16)19(23)24)27(25,26)22-8-6-14(7-9-22)10-13-4-2-1-3-5-13/h1-5,11-12,14H,6-10H2,(H,23,24). The molecule has 0 atom stereocenters. The molecule has 2 aromatic carbocycles. The monoisotopic (exact) mass is 411 g/mol. The van der Waals surface area contributed by atoms with E-state index in [0.29, 0.717) is 18.8 Å². The fourth-order valence-corrected chi connectivity index (χ4v) is 5.10. The van der Waals surface area contributed by atoms with Gasteiger partial charge in [-0.15, -0.1) is 0 Å². The smallest absolute Gasteiger partial charge is 0.337 e. The first-order valence-corrected chi connectivity index (χ1v) is 10.4. The Balaban J connectivity index is 1.75. The molecule has 8 heteroatoms. The van der Waals surface area contributed by atoms with Gasteiger partial charge in [0.25, 0.3) is 0 Å². The molecule has 27 heavy (non-hydrogen) atoms. The third-order valence-corrected chi connectivity index (χ3v) is 7.04. The maximum absolute atomic E-state index is 14.2. The molecule has 0 spiro atoms. The zero-order chi connectivity index (χ0) is 19.6. The average Bonchev–Trinajstić information content (AvgIpc) is 2.62. The van der Waals surface area contributed by atoms with Gasteiger partial charge >= 0.3 is 5.97 Å². The molecule has 1 heterocycles. The van der Waals surface area contributed by atoms with Crippen LogP contribution in [0.15, 0.2) is 47.4 Å². The summed E-state index contributed by atoms with van der Waals surface area (Å²) in [7, 11) is -4.13. The molecule has 1 aliphatic heterocycles. The molecule has 1 saturated heterocycles. The normalized spacial score (nSPS) is 16.4. The number of benzene rings is 2. The minimum Gasteiger partial charge on any atom is -0.478 e. The molecular weight excluding hydrogens is 393 g/mol.